The van der Waals surface area contributed by atoms with Crippen molar-refractivity contribution in [3.63, 3.8) is 0 Å². The second-order valence-electron chi connectivity index (χ2n) is 31.2. The number of rotatable bonds is 86. The zero-order valence-corrected chi connectivity index (χ0v) is 68.5. The van der Waals surface area contributed by atoms with Gasteiger partial charge in [0, 0.05) is 125 Å². The van der Waals surface area contributed by atoms with Crippen LogP contribution in [0.4, 0.5) is 0 Å². The highest BCUT2D eigenvalue weighted by molar-refractivity contribution is 4.76. The summed E-state index contributed by atoms with van der Waals surface area (Å²) in [6.45, 7) is 31.5. The molecule has 5 atom stereocenters. The predicted octanol–water partition coefficient (Wildman–Crippen LogP) is 17.6. The summed E-state index contributed by atoms with van der Waals surface area (Å²) in [5.74, 6) is 0. The maximum atomic E-state index is 11.2. The van der Waals surface area contributed by atoms with Crippen molar-refractivity contribution < 1.29 is 54.0 Å². The highest BCUT2D eigenvalue weighted by Crippen LogP contribution is 2.19. The van der Waals surface area contributed by atoms with E-state index in [1.165, 1.54) is 225 Å². The third kappa shape index (κ3) is 71.0. The van der Waals surface area contributed by atoms with E-state index in [4.69, 9.17) is 28.4 Å². The number of piperazine rings is 1. The molecule has 5 unspecified atom stereocenters. The van der Waals surface area contributed by atoms with Crippen molar-refractivity contribution in [3.8, 4) is 0 Å². The van der Waals surface area contributed by atoms with Gasteiger partial charge >= 0.3 is 0 Å². The van der Waals surface area contributed by atoms with Gasteiger partial charge in [0.25, 0.3) is 0 Å². The Bertz CT molecular complexity index is 1540. The molecule has 0 aromatic carbocycles. The summed E-state index contributed by atoms with van der Waals surface area (Å²) in [7, 11) is 0. The standard InChI is InChI=1S/C86H177N5O11/c1-6-11-16-21-26-31-36-41-50-82(92)77-89(56-47-66-98-70-74-102-76-72-100-68-49-58-91(80-85(95)53-44-39-34-29-24-19-14-9-4)81-86(96)54-45-40-35-30-25-20-15-10-5)64-63-88-61-59-87(60-62-88)55-46-65-97-69-73-101-75-71-99-67-48-57-90(78-83(93)51-42-37-32-27-22-17-12-7-2)79-84(94)52-43-38-33-28-23-18-13-8-3/h82-86,92-96H,6-81H2,1-5H3. The van der Waals surface area contributed by atoms with Crippen molar-refractivity contribution in [2.75, 3.05) is 177 Å². The molecule has 1 heterocycles. The molecular formula is C86H177N5O11. The molecule has 1 aliphatic heterocycles. The van der Waals surface area contributed by atoms with Gasteiger partial charge in [-0.15, -0.1) is 0 Å². The monoisotopic (exact) mass is 1460 g/mol. The summed E-state index contributed by atoms with van der Waals surface area (Å²) in [5, 5.41) is 55.3. The molecule has 102 heavy (non-hydrogen) atoms. The van der Waals surface area contributed by atoms with Gasteiger partial charge in [0.05, 0.1) is 83.4 Å². The first kappa shape index (κ1) is 99.4. The van der Waals surface area contributed by atoms with Crippen molar-refractivity contribution in [2.24, 2.45) is 0 Å². The summed E-state index contributed by atoms with van der Waals surface area (Å²) in [4.78, 5) is 12.2. The molecule has 612 valence electrons. The molecule has 0 bridgehead atoms. The highest BCUT2D eigenvalue weighted by Gasteiger charge is 2.21. The van der Waals surface area contributed by atoms with Gasteiger partial charge in [0.15, 0.2) is 0 Å². The van der Waals surface area contributed by atoms with Crippen molar-refractivity contribution >= 4 is 0 Å². The molecule has 0 aromatic heterocycles. The zero-order valence-electron chi connectivity index (χ0n) is 68.5. The number of unbranched alkanes of at least 4 members (excludes halogenated alkanes) is 35. The minimum Gasteiger partial charge on any atom is -0.392 e. The van der Waals surface area contributed by atoms with Gasteiger partial charge in [-0.25, -0.2) is 0 Å². The molecule has 0 amide bonds. The molecule has 1 rings (SSSR count). The van der Waals surface area contributed by atoms with Gasteiger partial charge < -0.3 is 58.9 Å². The van der Waals surface area contributed by atoms with Gasteiger partial charge in [-0.3, -0.25) is 19.6 Å². The Labute approximate surface area is 632 Å². The van der Waals surface area contributed by atoms with Crippen LogP contribution < -0.4 is 0 Å². The van der Waals surface area contributed by atoms with E-state index in [-0.39, 0.29) is 30.5 Å². The van der Waals surface area contributed by atoms with Crippen molar-refractivity contribution in [2.45, 2.75) is 380 Å². The van der Waals surface area contributed by atoms with Gasteiger partial charge in [-0.2, -0.15) is 0 Å². The molecule has 1 aliphatic rings. The maximum Gasteiger partial charge on any atom is 0.0701 e. The van der Waals surface area contributed by atoms with E-state index in [0.717, 1.165) is 168 Å². The Morgan fingerprint density at radius 3 is 0.667 bits per heavy atom. The number of ether oxygens (including phenoxy) is 6. The Hall–Kier alpha value is -0.640. The number of aliphatic hydroxyl groups excluding tert-OH is 5. The van der Waals surface area contributed by atoms with Crippen LogP contribution in [0.15, 0.2) is 0 Å². The van der Waals surface area contributed by atoms with Crippen molar-refractivity contribution in [1.82, 2.24) is 24.5 Å². The average Bonchev–Trinajstić information content (AvgIpc) is 1.51. The third-order valence-electron chi connectivity index (χ3n) is 21.0. The molecule has 0 aromatic rings. The smallest absolute Gasteiger partial charge is 0.0701 e. The second kappa shape index (κ2) is 79.9. The van der Waals surface area contributed by atoms with Crippen LogP contribution in [0, 0.1) is 0 Å². The first-order chi connectivity index (χ1) is 50.1. The van der Waals surface area contributed by atoms with E-state index in [9.17, 15) is 25.5 Å². The quantitative estimate of drug-likeness (QED) is 0.0364. The Kier molecular flexibility index (Phi) is 77.8. The van der Waals surface area contributed by atoms with Crippen LogP contribution in [0.2, 0.25) is 0 Å². The highest BCUT2D eigenvalue weighted by atomic mass is 16.5. The molecule has 1 saturated heterocycles. The lowest BCUT2D eigenvalue weighted by Gasteiger charge is -2.36. The number of nitrogens with zero attached hydrogens (tertiary/aromatic N) is 5. The largest absolute Gasteiger partial charge is 0.392 e. The summed E-state index contributed by atoms with van der Waals surface area (Å²) in [5.41, 5.74) is 0. The first-order valence-electron chi connectivity index (χ1n) is 44.6. The lowest BCUT2D eigenvalue weighted by Crippen LogP contribution is -2.49. The topological polar surface area (TPSA) is 173 Å². The van der Waals surface area contributed by atoms with Crippen molar-refractivity contribution in [3.05, 3.63) is 0 Å². The zero-order chi connectivity index (χ0) is 73.8. The van der Waals surface area contributed by atoms with Crippen molar-refractivity contribution in [1.29, 1.82) is 0 Å². The minimum absolute atomic E-state index is 0.301. The summed E-state index contributed by atoms with van der Waals surface area (Å²) >= 11 is 0. The Morgan fingerprint density at radius 2 is 0.412 bits per heavy atom. The van der Waals surface area contributed by atoms with E-state index < -0.39 is 0 Å². The molecule has 16 heteroatoms. The normalized spacial score (nSPS) is 14.9. The van der Waals surface area contributed by atoms with Crippen LogP contribution in [0.5, 0.6) is 0 Å². The molecule has 0 saturated carbocycles. The van der Waals surface area contributed by atoms with Gasteiger partial charge in [-0.05, 0) is 57.8 Å². The summed E-state index contributed by atoms with van der Waals surface area (Å²) < 4.78 is 35.7. The molecule has 16 nitrogen and oxygen atoms in total. The van der Waals surface area contributed by atoms with E-state index in [0.29, 0.717) is 98.9 Å². The maximum absolute atomic E-state index is 11.2. The number of hydrogen-bond acceptors (Lipinski definition) is 16. The van der Waals surface area contributed by atoms with Crippen LogP contribution in [-0.2, 0) is 28.4 Å². The van der Waals surface area contributed by atoms with Gasteiger partial charge in [0.2, 0.25) is 0 Å². The van der Waals surface area contributed by atoms with E-state index in [1.807, 2.05) is 0 Å². The van der Waals surface area contributed by atoms with E-state index >= 15 is 0 Å². The Morgan fingerprint density at radius 1 is 0.216 bits per heavy atom. The molecule has 0 radical (unpaired) electrons. The third-order valence-corrected chi connectivity index (χ3v) is 21.0. The summed E-state index contributed by atoms with van der Waals surface area (Å²) in [6, 6.07) is 0. The fourth-order valence-corrected chi connectivity index (χ4v) is 14.5. The van der Waals surface area contributed by atoms with E-state index in [1.54, 1.807) is 0 Å². The lowest BCUT2D eigenvalue weighted by atomic mass is 10.0. The Balaban J connectivity index is 2.40. The van der Waals surface area contributed by atoms with E-state index in [2.05, 4.69) is 59.1 Å². The SMILES string of the molecule is CCCCCCCCCCC(O)CN(CCCOCCOCCOCCCN(CC(O)CCCCCCCCCC)CC(O)CCCCCCCCCC)CCN1CCN(CCCOCCOCCOCCCN(CC(O)CCCCCCCCCC)CC(O)CCCCCCCCCC)CC1. The van der Waals surface area contributed by atoms with Crippen LogP contribution in [-0.4, -0.2) is 258 Å². The van der Waals surface area contributed by atoms with Gasteiger partial charge in [-0.1, -0.05) is 291 Å². The van der Waals surface area contributed by atoms with Crippen LogP contribution in [0.3, 0.4) is 0 Å². The van der Waals surface area contributed by atoms with Gasteiger partial charge in [0.1, 0.15) is 0 Å². The molecule has 1 fully saturated rings. The lowest BCUT2D eigenvalue weighted by molar-refractivity contribution is 0.00827. The minimum atomic E-state index is -0.359. The molecular weight excluding hydrogens is 1280 g/mol. The van der Waals surface area contributed by atoms with Crippen LogP contribution >= 0.6 is 0 Å². The average molecular weight is 1460 g/mol. The summed E-state index contributed by atoms with van der Waals surface area (Å²) in [6.07, 6.45) is 56.9. The number of hydrogen-bond donors (Lipinski definition) is 5. The first-order valence-corrected chi connectivity index (χ1v) is 44.6. The molecule has 0 aliphatic carbocycles. The van der Waals surface area contributed by atoms with Crippen LogP contribution in [0.1, 0.15) is 349 Å². The number of aliphatic hydroxyl groups is 5. The molecule has 5 N–H and O–H groups in total. The fraction of sp³-hybridized carbons (Fsp3) is 1.00. The fourth-order valence-electron chi connectivity index (χ4n) is 14.5. The second-order valence-corrected chi connectivity index (χ2v) is 31.2. The predicted molar refractivity (Wildman–Crippen MR) is 432 cm³/mol. The molecule has 0 spiro atoms. The van der Waals surface area contributed by atoms with Crippen LogP contribution in [0.25, 0.3) is 0 Å².